The molecule has 0 unspecified atom stereocenters. The second-order valence-corrected chi connectivity index (χ2v) is 7.09. The van der Waals surface area contributed by atoms with Crippen LogP contribution in [0.5, 0.6) is 0 Å². The summed E-state index contributed by atoms with van der Waals surface area (Å²) in [4.78, 5) is 28.5. The maximum Gasteiger partial charge on any atom is 0.294 e. The zero-order valence-electron chi connectivity index (χ0n) is 14.8. The van der Waals surface area contributed by atoms with Crippen LogP contribution >= 0.6 is 11.8 Å². The Kier molecular flexibility index (Phi) is 7.65. The minimum absolute atomic E-state index is 0.279. The summed E-state index contributed by atoms with van der Waals surface area (Å²) in [6.45, 7) is 6.28. The number of carbonyl (C=O) groups is 2. The van der Waals surface area contributed by atoms with Crippen molar-refractivity contribution < 1.29 is 14.0 Å². The average molecular weight is 364 g/mol. The van der Waals surface area contributed by atoms with Crippen LogP contribution in [0.3, 0.4) is 0 Å². The van der Waals surface area contributed by atoms with Crippen LogP contribution in [0.4, 0.5) is 9.18 Å². The molecule has 0 radical (unpaired) electrons. The van der Waals surface area contributed by atoms with E-state index in [4.69, 9.17) is 0 Å². The molecule has 1 heterocycles. The van der Waals surface area contributed by atoms with E-state index in [0.29, 0.717) is 12.2 Å². The summed E-state index contributed by atoms with van der Waals surface area (Å²) in [5.74, 6) is -0.738. The summed E-state index contributed by atoms with van der Waals surface area (Å²) in [5, 5.41) is -0.286. The van der Waals surface area contributed by atoms with Gasteiger partial charge in [0, 0.05) is 5.56 Å². The van der Waals surface area contributed by atoms with Crippen molar-refractivity contribution in [2.75, 3.05) is 19.8 Å². The van der Waals surface area contributed by atoms with Gasteiger partial charge >= 0.3 is 0 Å². The topological polar surface area (TPSA) is 40.6 Å². The van der Waals surface area contributed by atoms with E-state index in [2.05, 4.69) is 18.7 Å². The monoisotopic (exact) mass is 364 g/mol. The van der Waals surface area contributed by atoms with Gasteiger partial charge in [0.2, 0.25) is 0 Å². The average Bonchev–Trinajstić information content (AvgIpc) is 2.86. The third-order valence-electron chi connectivity index (χ3n) is 4.06. The van der Waals surface area contributed by atoms with E-state index in [0.717, 1.165) is 50.5 Å². The van der Waals surface area contributed by atoms with Gasteiger partial charge in [-0.1, -0.05) is 44.9 Å². The number of unbranched alkanes of at least 4 members (excludes halogenated alkanes) is 2. The van der Waals surface area contributed by atoms with Crippen LogP contribution < -0.4 is 0 Å². The lowest BCUT2D eigenvalue weighted by molar-refractivity contribution is -0.124. The smallest absolute Gasteiger partial charge is 0.286 e. The molecule has 1 fully saturated rings. The molecule has 2 amide bonds. The van der Waals surface area contributed by atoms with Crippen LogP contribution in [-0.2, 0) is 4.79 Å². The van der Waals surface area contributed by atoms with E-state index in [1.807, 2.05) is 0 Å². The first-order chi connectivity index (χ1) is 12.1. The predicted octanol–water partition coefficient (Wildman–Crippen LogP) is 4.72. The van der Waals surface area contributed by atoms with Gasteiger partial charge in [0.25, 0.3) is 11.1 Å². The Labute approximate surface area is 153 Å². The summed E-state index contributed by atoms with van der Waals surface area (Å²) >= 11 is 0.880. The molecule has 2 rings (SSSR count). The maximum absolute atomic E-state index is 13.8. The SMILES string of the molecule is CCCCN(CCCC)CN1C(=O)SC(=Cc2ccccc2F)C1=O. The lowest BCUT2D eigenvalue weighted by Crippen LogP contribution is -2.41. The summed E-state index contributed by atoms with van der Waals surface area (Å²) in [7, 11) is 0. The first-order valence-electron chi connectivity index (χ1n) is 8.79. The zero-order valence-corrected chi connectivity index (χ0v) is 15.7. The van der Waals surface area contributed by atoms with Gasteiger partial charge in [-0.3, -0.25) is 19.4 Å². The Bertz CT molecular complexity index is 640. The third kappa shape index (κ3) is 5.41. The Morgan fingerprint density at radius 2 is 1.76 bits per heavy atom. The first kappa shape index (κ1) is 19.7. The fourth-order valence-electron chi connectivity index (χ4n) is 2.57. The number of benzene rings is 1. The van der Waals surface area contributed by atoms with Gasteiger partial charge in [0.1, 0.15) is 5.82 Å². The molecular weight excluding hydrogens is 339 g/mol. The molecule has 1 saturated heterocycles. The highest BCUT2D eigenvalue weighted by atomic mass is 32.2. The third-order valence-corrected chi connectivity index (χ3v) is 4.97. The fraction of sp³-hybridized carbons (Fsp3) is 0.474. The van der Waals surface area contributed by atoms with Crippen LogP contribution in [0.15, 0.2) is 29.2 Å². The number of rotatable bonds is 9. The lowest BCUT2D eigenvalue weighted by atomic mass is 10.2. The Balaban J connectivity index is 2.10. The zero-order chi connectivity index (χ0) is 18.2. The van der Waals surface area contributed by atoms with E-state index in [1.165, 1.54) is 17.0 Å². The molecule has 136 valence electrons. The standard InChI is InChI=1S/C19H25FN2O2S/c1-3-5-11-21(12-6-4-2)14-22-18(23)17(25-19(22)24)13-15-9-7-8-10-16(15)20/h7-10,13H,3-6,11-12,14H2,1-2H3. The molecule has 0 bridgehead atoms. The molecule has 0 aliphatic carbocycles. The summed E-state index contributed by atoms with van der Waals surface area (Å²) in [6.07, 6.45) is 5.66. The summed E-state index contributed by atoms with van der Waals surface area (Å²) in [5.41, 5.74) is 0.321. The number of amides is 2. The second-order valence-electron chi connectivity index (χ2n) is 6.10. The Hall–Kier alpha value is -1.66. The van der Waals surface area contributed by atoms with Crippen molar-refractivity contribution in [3.63, 3.8) is 0 Å². The highest BCUT2D eigenvalue weighted by Crippen LogP contribution is 2.32. The van der Waals surface area contributed by atoms with Gasteiger partial charge in [-0.05, 0) is 49.8 Å². The second kappa shape index (κ2) is 9.73. The quantitative estimate of drug-likeness (QED) is 0.595. The first-order valence-corrected chi connectivity index (χ1v) is 9.60. The molecule has 1 aliphatic heterocycles. The van der Waals surface area contributed by atoms with Crippen molar-refractivity contribution in [1.82, 2.24) is 9.80 Å². The minimum atomic E-state index is -0.401. The van der Waals surface area contributed by atoms with Gasteiger partial charge in [0.05, 0.1) is 11.6 Å². The molecule has 1 aromatic rings. The van der Waals surface area contributed by atoms with E-state index in [9.17, 15) is 14.0 Å². The molecule has 0 N–H and O–H groups in total. The molecule has 1 aromatic carbocycles. The number of nitrogens with zero attached hydrogens (tertiary/aromatic N) is 2. The fourth-order valence-corrected chi connectivity index (χ4v) is 3.39. The summed E-state index contributed by atoms with van der Waals surface area (Å²) in [6, 6.07) is 6.24. The molecule has 25 heavy (non-hydrogen) atoms. The number of thioether (sulfide) groups is 1. The van der Waals surface area contributed by atoms with E-state index >= 15 is 0 Å². The Morgan fingerprint density at radius 3 is 2.36 bits per heavy atom. The van der Waals surface area contributed by atoms with Gasteiger partial charge in [-0.15, -0.1) is 0 Å². The number of hydrogen-bond acceptors (Lipinski definition) is 4. The van der Waals surface area contributed by atoms with E-state index in [-0.39, 0.29) is 16.1 Å². The molecule has 0 aromatic heterocycles. The van der Waals surface area contributed by atoms with Crippen LogP contribution in [0, 0.1) is 5.82 Å². The molecule has 6 heteroatoms. The van der Waals surface area contributed by atoms with Crippen molar-refractivity contribution in [2.45, 2.75) is 39.5 Å². The van der Waals surface area contributed by atoms with Gasteiger partial charge in [-0.2, -0.15) is 0 Å². The van der Waals surface area contributed by atoms with Gasteiger partial charge in [-0.25, -0.2) is 4.39 Å². The van der Waals surface area contributed by atoms with Crippen molar-refractivity contribution in [1.29, 1.82) is 0 Å². The van der Waals surface area contributed by atoms with Crippen LogP contribution in [0.2, 0.25) is 0 Å². The van der Waals surface area contributed by atoms with Crippen molar-refractivity contribution in [3.05, 3.63) is 40.6 Å². The van der Waals surface area contributed by atoms with Crippen LogP contribution in [0.25, 0.3) is 6.08 Å². The van der Waals surface area contributed by atoms with Gasteiger partial charge < -0.3 is 0 Å². The molecule has 0 atom stereocenters. The number of halogens is 1. The van der Waals surface area contributed by atoms with Crippen molar-refractivity contribution in [3.8, 4) is 0 Å². The highest BCUT2D eigenvalue weighted by Gasteiger charge is 2.36. The lowest BCUT2D eigenvalue weighted by Gasteiger charge is -2.26. The van der Waals surface area contributed by atoms with Crippen molar-refractivity contribution >= 4 is 29.0 Å². The Morgan fingerprint density at radius 1 is 1.12 bits per heavy atom. The van der Waals surface area contributed by atoms with Crippen LogP contribution in [0.1, 0.15) is 45.1 Å². The maximum atomic E-state index is 13.8. The number of hydrogen-bond donors (Lipinski definition) is 0. The highest BCUT2D eigenvalue weighted by molar-refractivity contribution is 8.18. The molecule has 1 aliphatic rings. The normalized spacial score (nSPS) is 16.5. The predicted molar refractivity (Wildman–Crippen MR) is 100 cm³/mol. The molecule has 0 spiro atoms. The number of carbonyl (C=O) groups excluding carboxylic acids is 2. The summed E-state index contributed by atoms with van der Waals surface area (Å²) < 4.78 is 13.8. The van der Waals surface area contributed by atoms with Crippen molar-refractivity contribution in [2.24, 2.45) is 0 Å². The molecule has 4 nitrogen and oxygen atoms in total. The van der Waals surface area contributed by atoms with E-state index in [1.54, 1.807) is 18.2 Å². The van der Waals surface area contributed by atoms with Crippen LogP contribution in [-0.4, -0.2) is 40.7 Å². The van der Waals surface area contributed by atoms with Gasteiger partial charge in [0.15, 0.2) is 0 Å². The largest absolute Gasteiger partial charge is 0.294 e. The number of imide groups is 1. The minimum Gasteiger partial charge on any atom is -0.286 e. The van der Waals surface area contributed by atoms with E-state index < -0.39 is 5.82 Å². The molecular formula is C19H25FN2O2S. The molecule has 0 saturated carbocycles.